The molecule has 1 aliphatic heterocycles. The lowest BCUT2D eigenvalue weighted by atomic mass is 9.96. The second-order valence-corrected chi connectivity index (χ2v) is 8.95. The van der Waals surface area contributed by atoms with Crippen LogP contribution in [0.5, 0.6) is 0 Å². The Hall–Kier alpha value is -4.46. The van der Waals surface area contributed by atoms with E-state index in [1.54, 1.807) is 68.4 Å². The number of para-hydroxylation sites is 2. The summed E-state index contributed by atoms with van der Waals surface area (Å²) in [6.45, 7) is 2.66. The van der Waals surface area contributed by atoms with Crippen LogP contribution in [0.25, 0.3) is 0 Å². The monoisotopic (exact) mass is 485 g/mol. The van der Waals surface area contributed by atoms with Crippen LogP contribution in [0.4, 0.5) is 11.4 Å². The zero-order chi connectivity index (χ0) is 25.7. The number of hydrogen-bond acceptors (Lipinski definition) is 5. The topological polar surface area (TPSA) is 105 Å². The molecule has 8 heteroatoms. The number of fused-ring (bicyclic) bond motifs is 1. The third-order valence-corrected chi connectivity index (χ3v) is 6.00. The highest BCUT2D eigenvalue weighted by Crippen LogP contribution is 2.36. The smallest absolute Gasteiger partial charge is 0.329 e. The van der Waals surface area contributed by atoms with Gasteiger partial charge in [-0.25, -0.2) is 4.79 Å². The number of anilines is 2. The van der Waals surface area contributed by atoms with Gasteiger partial charge >= 0.3 is 5.97 Å². The molecule has 0 saturated carbocycles. The largest absolute Gasteiger partial charge is 0.454 e. The molecule has 3 aromatic rings. The predicted molar refractivity (Wildman–Crippen MR) is 135 cm³/mol. The van der Waals surface area contributed by atoms with E-state index in [2.05, 4.69) is 10.6 Å². The lowest BCUT2D eigenvalue weighted by molar-refractivity contribution is -0.150. The Morgan fingerprint density at radius 1 is 0.917 bits per heavy atom. The van der Waals surface area contributed by atoms with Crippen LogP contribution in [0.1, 0.15) is 29.8 Å². The first kappa shape index (κ1) is 24.7. The highest BCUT2D eigenvalue weighted by atomic mass is 16.5. The number of ether oxygens (including phenoxy) is 1. The average molecular weight is 486 g/mol. The van der Waals surface area contributed by atoms with Crippen LogP contribution >= 0.6 is 0 Å². The Morgan fingerprint density at radius 3 is 2.22 bits per heavy atom. The predicted octanol–water partition coefficient (Wildman–Crippen LogP) is 3.33. The lowest BCUT2D eigenvalue weighted by Crippen LogP contribution is -2.59. The van der Waals surface area contributed by atoms with Crippen molar-refractivity contribution < 1.29 is 23.9 Å². The number of amides is 3. The van der Waals surface area contributed by atoms with Crippen molar-refractivity contribution >= 4 is 35.1 Å². The van der Waals surface area contributed by atoms with E-state index in [1.165, 1.54) is 4.90 Å². The Morgan fingerprint density at radius 2 is 1.53 bits per heavy atom. The SMILES string of the molecule is CC1(C)C(=O)Nc2ccccc2N1C(=O)COC(=O)[C@@H](Cc1ccccc1)NC(=O)c1ccccc1. The van der Waals surface area contributed by atoms with Gasteiger partial charge in [0.1, 0.15) is 11.6 Å². The van der Waals surface area contributed by atoms with Gasteiger partial charge in [0.25, 0.3) is 11.8 Å². The fourth-order valence-corrected chi connectivity index (χ4v) is 4.07. The van der Waals surface area contributed by atoms with Crippen LogP contribution in [0.3, 0.4) is 0 Å². The van der Waals surface area contributed by atoms with Gasteiger partial charge in [0.2, 0.25) is 5.91 Å². The molecule has 0 fully saturated rings. The maximum absolute atomic E-state index is 13.2. The van der Waals surface area contributed by atoms with E-state index < -0.39 is 36.0 Å². The normalized spacial score (nSPS) is 14.7. The molecule has 1 heterocycles. The molecule has 36 heavy (non-hydrogen) atoms. The maximum atomic E-state index is 13.2. The Balaban J connectivity index is 1.50. The van der Waals surface area contributed by atoms with Crippen LogP contribution in [-0.4, -0.2) is 41.9 Å². The second kappa shape index (κ2) is 10.4. The second-order valence-electron chi connectivity index (χ2n) is 8.95. The molecular weight excluding hydrogens is 458 g/mol. The molecule has 184 valence electrons. The van der Waals surface area contributed by atoms with E-state index in [9.17, 15) is 19.2 Å². The average Bonchev–Trinajstić information content (AvgIpc) is 2.88. The van der Waals surface area contributed by atoms with Crippen molar-refractivity contribution in [1.82, 2.24) is 5.32 Å². The van der Waals surface area contributed by atoms with Gasteiger partial charge < -0.3 is 15.4 Å². The number of esters is 1. The van der Waals surface area contributed by atoms with Crippen molar-refractivity contribution in [2.75, 3.05) is 16.8 Å². The summed E-state index contributed by atoms with van der Waals surface area (Å²) < 4.78 is 5.40. The Labute approximate surface area is 209 Å². The van der Waals surface area contributed by atoms with Gasteiger partial charge in [-0.15, -0.1) is 0 Å². The van der Waals surface area contributed by atoms with Gasteiger partial charge in [-0.05, 0) is 43.7 Å². The highest BCUT2D eigenvalue weighted by Gasteiger charge is 2.43. The molecule has 3 amide bonds. The van der Waals surface area contributed by atoms with Crippen LogP contribution in [0.15, 0.2) is 84.9 Å². The van der Waals surface area contributed by atoms with Gasteiger partial charge in [0.15, 0.2) is 6.61 Å². The summed E-state index contributed by atoms with van der Waals surface area (Å²) in [7, 11) is 0. The van der Waals surface area contributed by atoms with Gasteiger partial charge in [0.05, 0.1) is 11.4 Å². The zero-order valence-electron chi connectivity index (χ0n) is 20.1. The zero-order valence-corrected chi connectivity index (χ0v) is 20.1. The van der Waals surface area contributed by atoms with Crippen LogP contribution in [-0.2, 0) is 25.5 Å². The van der Waals surface area contributed by atoms with E-state index in [0.717, 1.165) is 5.56 Å². The van der Waals surface area contributed by atoms with Crippen molar-refractivity contribution in [2.24, 2.45) is 0 Å². The highest BCUT2D eigenvalue weighted by molar-refractivity contribution is 6.14. The van der Waals surface area contributed by atoms with E-state index in [4.69, 9.17) is 4.74 Å². The molecule has 0 aliphatic carbocycles. The number of carbonyl (C=O) groups is 4. The molecule has 0 saturated heterocycles. The van der Waals surface area contributed by atoms with Gasteiger partial charge in [-0.2, -0.15) is 0 Å². The summed E-state index contributed by atoms with van der Waals surface area (Å²) in [4.78, 5) is 53.0. The minimum Gasteiger partial charge on any atom is -0.454 e. The van der Waals surface area contributed by atoms with Crippen LogP contribution in [0, 0.1) is 0 Å². The number of nitrogens with one attached hydrogen (secondary N) is 2. The molecule has 8 nitrogen and oxygen atoms in total. The third-order valence-electron chi connectivity index (χ3n) is 6.00. The van der Waals surface area contributed by atoms with Gasteiger partial charge in [-0.3, -0.25) is 19.3 Å². The van der Waals surface area contributed by atoms with Crippen molar-refractivity contribution in [3.63, 3.8) is 0 Å². The summed E-state index contributed by atoms with van der Waals surface area (Å²) in [5.74, 6) is -2.08. The molecule has 0 spiro atoms. The molecule has 0 bridgehead atoms. The molecule has 2 N–H and O–H groups in total. The number of nitrogens with zero attached hydrogens (tertiary/aromatic N) is 1. The molecule has 0 radical (unpaired) electrons. The summed E-state index contributed by atoms with van der Waals surface area (Å²) in [5, 5.41) is 5.52. The van der Waals surface area contributed by atoms with Crippen molar-refractivity contribution in [3.8, 4) is 0 Å². The fraction of sp³-hybridized carbons (Fsp3) is 0.214. The minimum atomic E-state index is -1.19. The molecular formula is C28H27N3O5. The quantitative estimate of drug-likeness (QED) is 0.500. The van der Waals surface area contributed by atoms with Gasteiger partial charge in [-0.1, -0.05) is 60.7 Å². The fourth-order valence-electron chi connectivity index (χ4n) is 4.07. The number of benzene rings is 3. The first-order valence-electron chi connectivity index (χ1n) is 11.6. The number of carbonyl (C=O) groups excluding carboxylic acids is 4. The van der Waals surface area contributed by atoms with Crippen molar-refractivity contribution in [1.29, 1.82) is 0 Å². The molecule has 4 rings (SSSR count). The first-order chi connectivity index (χ1) is 17.3. The molecule has 0 unspecified atom stereocenters. The first-order valence-corrected chi connectivity index (χ1v) is 11.6. The Bertz CT molecular complexity index is 1270. The van der Waals surface area contributed by atoms with Crippen molar-refractivity contribution in [2.45, 2.75) is 31.8 Å². The van der Waals surface area contributed by atoms with E-state index in [0.29, 0.717) is 16.9 Å². The molecule has 1 atom stereocenters. The molecule has 3 aromatic carbocycles. The minimum absolute atomic E-state index is 0.187. The van der Waals surface area contributed by atoms with E-state index >= 15 is 0 Å². The Kier molecular flexibility index (Phi) is 7.15. The molecule has 0 aromatic heterocycles. The van der Waals surface area contributed by atoms with Gasteiger partial charge in [0, 0.05) is 12.0 Å². The van der Waals surface area contributed by atoms with Crippen molar-refractivity contribution in [3.05, 3.63) is 96.1 Å². The lowest BCUT2D eigenvalue weighted by Gasteiger charge is -2.41. The number of rotatable bonds is 7. The summed E-state index contributed by atoms with van der Waals surface area (Å²) in [5.41, 5.74) is 1.04. The summed E-state index contributed by atoms with van der Waals surface area (Å²) >= 11 is 0. The number of hydrogen-bond donors (Lipinski definition) is 2. The van der Waals surface area contributed by atoms with Crippen LogP contribution in [0.2, 0.25) is 0 Å². The summed E-state index contributed by atoms with van der Waals surface area (Å²) in [6, 6.07) is 23.6. The van der Waals surface area contributed by atoms with Crippen LogP contribution < -0.4 is 15.5 Å². The van der Waals surface area contributed by atoms with E-state index in [1.807, 2.05) is 30.3 Å². The third kappa shape index (κ3) is 5.27. The maximum Gasteiger partial charge on any atom is 0.329 e. The summed E-state index contributed by atoms with van der Waals surface area (Å²) in [6.07, 6.45) is 0.187. The van der Waals surface area contributed by atoms with E-state index in [-0.39, 0.29) is 12.3 Å². The standard InChI is InChI=1S/C28H27N3O5/c1-28(2)27(35)30-21-15-9-10-16-23(21)31(28)24(32)18-36-26(34)22(17-19-11-5-3-6-12-19)29-25(33)20-13-7-4-8-14-20/h3-16,22H,17-18H2,1-2H3,(H,29,33)(H,30,35)/t22-/m1/s1. The molecule has 1 aliphatic rings.